The highest BCUT2D eigenvalue weighted by molar-refractivity contribution is 7.78. The van der Waals surface area contributed by atoms with Gasteiger partial charge >= 0.3 is 6.18 Å². The number of benzene rings is 3. The van der Waals surface area contributed by atoms with Crippen molar-refractivity contribution in [3.63, 3.8) is 0 Å². The Morgan fingerprint density at radius 2 is 1.65 bits per heavy atom. The summed E-state index contributed by atoms with van der Waals surface area (Å²) in [6.07, 6.45) is -3.28. The van der Waals surface area contributed by atoms with Gasteiger partial charge in [0.05, 0.1) is 22.3 Å². The Bertz CT molecular complexity index is 1630. The third-order valence-corrected chi connectivity index (χ3v) is 8.42. The first-order chi connectivity index (χ1) is 21.8. The van der Waals surface area contributed by atoms with E-state index in [1.54, 1.807) is 7.05 Å². The number of carboxylic acid groups (broad SMARTS) is 1. The molecule has 5 rings (SSSR count). The standard InChI is InChI=1S/C31H32F4N4O.CH5NS.CH2O2/c1-17-24(20-7-5-19(6-8-20)21-9-12-29-28(13-21)37-18(2)39(29)4)15-23(36-3)16-25(17)30(40)38-27-11-10-22(14-26(27)32)31(33,34)35;1-2-3;2-1-3/h5-14,17,23-25,36H,15-16H2,1-4H3,(H,38,40);2-3H,1H3;1H,(H,2,3)/t17-,23?,24?,25?;;/m1../s1. The number of amides is 1. The molecule has 1 aliphatic carbocycles. The summed E-state index contributed by atoms with van der Waals surface area (Å²) < 4.78 is 57.7. The number of carbonyl (C=O) groups is 2. The minimum atomic E-state index is -4.66. The summed E-state index contributed by atoms with van der Waals surface area (Å²) >= 11 is 3.54. The zero-order chi connectivity index (χ0) is 34.2. The van der Waals surface area contributed by atoms with E-state index in [-0.39, 0.29) is 30.0 Å². The summed E-state index contributed by atoms with van der Waals surface area (Å²) in [5, 5.41) is 12.7. The van der Waals surface area contributed by atoms with E-state index in [2.05, 4.69) is 80.2 Å². The van der Waals surface area contributed by atoms with Crippen LogP contribution in [-0.2, 0) is 22.8 Å². The molecule has 4 aromatic rings. The van der Waals surface area contributed by atoms with Crippen molar-refractivity contribution in [2.24, 2.45) is 18.9 Å². The maximum absolute atomic E-state index is 14.4. The third-order valence-electron chi connectivity index (χ3n) is 8.42. The largest absolute Gasteiger partial charge is 0.483 e. The topological polar surface area (TPSA) is 108 Å². The second-order valence-electron chi connectivity index (χ2n) is 11.1. The molecule has 1 aliphatic rings. The molecule has 1 fully saturated rings. The fraction of sp³-hybridized carbons (Fsp3) is 0.364. The van der Waals surface area contributed by atoms with Gasteiger partial charge in [-0.1, -0.05) is 50.1 Å². The fourth-order valence-electron chi connectivity index (χ4n) is 5.88. The Morgan fingerprint density at radius 1 is 1.04 bits per heavy atom. The molecule has 1 heterocycles. The molecule has 46 heavy (non-hydrogen) atoms. The van der Waals surface area contributed by atoms with Crippen LogP contribution in [0.3, 0.4) is 0 Å². The lowest BCUT2D eigenvalue weighted by Crippen LogP contribution is -2.43. The number of imidazole rings is 1. The first-order valence-corrected chi connectivity index (χ1v) is 15.0. The number of rotatable bonds is 5. The molecule has 13 heteroatoms. The Hall–Kier alpha value is -3.94. The van der Waals surface area contributed by atoms with E-state index in [0.717, 1.165) is 52.1 Å². The van der Waals surface area contributed by atoms with Gasteiger partial charge in [-0.2, -0.15) is 13.2 Å². The third kappa shape index (κ3) is 8.65. The summed E-state index contributed by atoms with van der Waals surface area (Å²) in [7, 11) is 5.58. The molecule has 0 bridgehead atoms. The van der Waals surface area contributed by atoms with Crippen LogP contribution in [0.2, 0.25) is 0 Å². The van der Waals surface area contributed by atoms with Gasteiger partial charge in [-0.05, 0) is 92.7 Å². The zero-order valence-corrected chi connectivity index (χ0v) is 27.1. The molecule has 1 amide bonds. The molecule has 0 radical (unpaired) electrons. The Labute approximate surface area is 271 Å². The SMILES string of the molecule is CNC1CC(C(=O)Nc2ccc(C(F)(F)F)cc2F)[C@H](C)C(c2ccc(-c3ccc4c(c3)nc(C)n4C)cc2)C1.CNS.O=CO. The van der Waals surface area contributed by atoms with Crippen LogP contribution in [0.4, 0.5) is 23.2 Å². The van der Waals surface area contributed by atoms with Gasteiger partial charge in [0.1, 0.15) is 11.6 Å². The van der Waals surface area contributed by atoms with Crippen molar-refractivity contribution in [1.29, 1.82) is 0 Å². The highest BCUT2D eigenvalue weighted by Gasteiger charge is 2.39. The Kier molecular flexibility index (Phi) is 12.8. The van der Waals surface area contributed by atoms with Crippen LogP contribution in [0.15, 0.2) is 60.7 Å². The number of aromatic nitrogens is 2. The number of aryl methyl sites for hydroxylation is 2. The van der Waals surface area contributed by atoms with Gasteiger partial charge in [0, 0.05) is 19.0 Å². The molecule has 248 valence electrons. The summed E-state index contributed by atoms with van der Waals surface area (Å²) in [6.45, 7) is 3.74. The van der Waals surface area contributed by atoms with Gasteiger partial charge in [0.25, 0.3) is 6.47 Å². The van der Waals surface area contributed by atoms with Crippen molar-refractivity contribution in [3.8, 4) is 11.1 Å². The number of halogens is 4. The van der Waals surface area contributed by atoms with E-state index in [9.17, 15) is 22.4 Å². The maximum atomic E-state index is 14.4. The van der Waals surface area contributed by atoms with Crippen LogP contribution in [0.25, 0.3) is 22.2 Å². The van der Waals surface area contributed by atoms with E-state index in [4.69, 9.17) is 9.90 Å². The summed E-state index contributed by atoms with van der Waals surface area (Å²) in [4.78, 5) is 26.3. The highest BCUT2D eigenvalue weighted by Crippen LogP contribution is 2.42. The lowest BCUT2D eigenvalue weighted by Gasteiger charge is -2.40. The number of nitrogens with zero attached hydrogens (tertiary/aromatic N) is 2. The number of thiol groups is 1. The minimum absolute atomic E-state index is 0.0591. The number of anilines is 1. The number of alkyl halides is 3. The van der Waals surface area contributed by atoms with Crippen LogP contribution in [0.5, 0.6) is 0 Å². The van der Waals surface area contributed by atoms with Gasteiger partial charge in [0.2, 0.25) is 5.91 Å². The normalized spacial score (nSPS) is 19.3. The summed E-state index contributed by atoms with van der Waals surface area (Å²) in [5.74, 6) is -1.01. The molecule has 1 aromatic heterocycles. The molecule has 0 saturated heterocycles. The van der Waals surface area contributed by atoms with Crippen molar-refractivity contribution in [1.82, 2.24) is 19.6 Å². The van der Waals surface area contributed by atoms with Gasteiger partial charge in [-0.3, -0.25) is 14.3 Å². The van der Waals surface area contributed by atoms with E-state index in [0.29, 0.717) is 12.5 Å². The van der Waals surface area contributed by atoms with Crippen LogP contribution < -0.4 is 15.4 Å². The second kappa shape index (κ2) is 16.1. The average molecular weight is 662 g/mol. The van der Waals surface area contributed by atoms with Crippen LogP contribution in [0.1, 0.15) is 42.6 Å². The lowest BCUT2D eigenvalue weighted by molar-refractivity contribution is -0.137. The van der Waals surface area contributed by atoms with E-state index in [1.165, 1.54) is 0 Å². The van der Waals surface area contributed by atoms with Crippen molar-refractivity contribution in [2.75, 3.05) is 19.4 Å². The van der Waals surface area contributed by atoms with Gasteiger partial charge in [-0.15, -0.1) is 0 Å². The monoisotopic (exact) mass is 661 g/mol. The molecule has 8 nitrogen and oxygen atoms in total. The Balaban J connectivity index is 0.000000891. The molecule has 3 unspecified atom stereocenters. The number of hydrogen-bond donors (Lipinski definition) is 5. The van der Waals surface area contributed by atoms with E-state index >= 15 is 0 Å². The molecule has 1 saturated carbocycles. The minimum Gasteiger partial charge on any atom is -0.483 e. The zero-order valence-electron chi connectivity index (χ0n) is 26.2. The maximum Gasteiger partial charge on any atom is 0.416 e. The predicted molar refractivity (Wildman–Crippen MR) is 175 cm³/mol. The highest BCUT2D eigenvalue weighted by atomic mass is 32.1. The number of fused-ring (bicyclic) bond motifs is 1. The molecule has 4 N–H and O–H groups in total. The average Bonchev–Trinajstić information content (AvgIpc) is 3.30. The Morgan fingerprint density at radius 3 is 2.22 bits per heavy atom. The molecule has 3 aromatic carbocycles. The van der Waals surface area contributed by atoms with Crippen LogP contribution in [-0.4, -0.2) is 47.2 Å². The lowest BCUT2D eigenvalue weighted by atomic mass is 9.68. The van der Waals surface area contributed by atoms with Gasteiger partial charge in [-0.25, -0.2) is 9.37 Å². The van der Waals surface area contributed by atoms with Crippen molar-refractivity contribution in [3.05, 3.63) is 83.4 Å². The first-order valence-electron chi connectivity index (χ1n) is 14.6. The second-order valence-corrected chi connectivity index (χ2v) is 11.5. The van der Waals surface area contributed by atoms with Crippen LogP contribution >= 0.6 is 12.8 Å². The fourth-order valence-corrected chi connectivity index (χ4v) is 5.88. The van der Waals surface area contributed by atoms with E-state index in [1.807, 2.05) is 27.9 Å². The molecule has 4 atom stereocenters. The van der Waals surface area contributed by atoms with Gasteiger partial charge in [0.15, 0.2) is 0 Å². The van der Waals surface area contributed by atoms with Crippen molar-refractivity contribution < 1.29 is 32.3 Å². The van der Waals surface area contributed by atoms with Crippen molar-refractivity contribution in [2.45, 2.75) is 44.8 Å². The number of nitrogens with one attached hydrogen (secondary N) is 3. The summed E-state index contributed by atoms with van der Waals surface area (Å²) in [6, 6.07) is 16.8. The number of carbonyl (C=O) groups excluding carboxylic acids is 1. The quantitative estimate of drug-likeness (QED) is 0.0914. The molecular weight excluding hydrogens is 622 g/mol. The summed E-state index contributed by atoms with van der Waals surface area (Å²) in [5.41, 5.74) is 3.91. The molecule has 0 aliphatic heterocycles. The molecular formula is C33H39F4N5O3S. The van der Waals surface area contributed by atoms with Crippen LogP contribution in [0, 0.1) is 24.6 Å². The van der Waals surface area contributed by atoms with Crippen molar-refractivity contribution >= 4 is 41.9 Å². The van der Waals surface area contributed by atoms with E-state index < -0.39 is 29.4 Å². The smallest absolute Gasteiger partial charge is 0.416 e. The molecule has 0 spiro atoms. The van der Waals surface area contributed by atoms with Gasteiger partial charge < -0.3 is 20.3 Å². The first kappa shape index (κ1) is 36.5. The number of hydrogen-bond acceptors (Lipinski definition) is 6. The predicted octanol–water partition coefficient (Wildman–Crippen LogP) is 6.81.